The van der Waals surface area contributed by atoms with Crippen molar-refractivity contribution < 1.29 is 14.6 Å². The molecule has 166 valence electrons. The number of phenols is 1. The van der Waals surface area contributed by atoms with Gasteiger partial charge in [-0.3, -0.25) is 4.79 Å². The zero-order valence-corrected chi connectivity index (χ0v) is 18.6. The molecule has 0 saturated heterocycles. The first kappa shape index (κ1) is 20.1. The van der Waals surface area contributed by atoms with Crippen LogP contribution in [-0.4, -0.2) is 30.5 Å². The Labute approximate surface area is 195 Å². The van der Waals surface area contributed by atoms with Crippen molar-refractivity contribution in [1.29, 1.82) is 0 Å². The number of phenolic OH excluding ortho intramolecular Hbond substituents is 1. The molecule has 1 atom stereocenters. The molecule has 6 rings (SSSR count). The molecule has 0 aliphatic carbocycles. The van der Waals surface area contributed by atoms with E-state index in [0.717, 1.165) is 16.3 Å². The highest BCUT2D eigenvalue weighted by Gasteiger charge is 2.36. The summed E-state index contributed by atoms with van der Waals surface area (Å²) in [6.45, 7) is 3.32. The molecule has 7 nitrogen and oxygen atoms in total. The number of hydrogen-bond donors (Lipinski definition) is 1. The Kier molecular flexibility index (Phi) is 4.45. The first-order valence-corrected chi connectivity index (χ1v) is 10.9. The lowest BCUT2D eigenvalue weighted by Crippen LogP contribution is -2.22. The Morgan fingerprint density at radius 3 is 2.47 bits per heavy atom. The van der Waals surface area contributed by atoms with Gasteiger partial charge < -0.3 is 9.84 Å². The summed E-state index contributed by atoms with van der Waals surface area (Å²) < 4.78 is 7.55. The Hall–Kier alpha value is -4.52. The van der Waals surface area contributed by atoms with E-state index in [4.69, 9.17) is 9.72 Å². The number of aromatic hydroxyl groups is 1. The van der Waals surface area contributed by atoms with Crippen LogP contribution >= 0.6 is 0 Å². The maximum absolute atomic E-state index is 12.7. The average Bonchev–Trinajstić information content (AvgIpc) is 3.27. The molecule has 0 fully saturated rings. The number of allylic oxidation sites excluding steroid dienone is 2. The van der Waals surface area contributed by atoms with Gasteiger partial charge in [0.25, 0.3) is 0 Å². The van der Waals surface area contributed by atoms with Gasteiger partial charge in [-0.1, -0.05) is 54.6 Å². The number of carbonyl (C=O) groups excluding carboxylic acids is 1. The Morgan fingerprint density at radius 2 is 1.74 bits per heavy atom. The number of benzene rings is 3. The van der Waals surface area contributed by atoms with Gasteiger partial charge in [0.2, 0.25) is 5.88 Å². The van der Waals surface area contributed by atoms with Gasteiger partial charge in [0, 0.05) is 11.5 Å². The smallest absolute Gasteiger partial charge is 0.228 e. The Bertz CT molecular complexity index is 1640. The second-order valence-electron chi connectivity index (χ2n) is 8.36. The van der Waals surface area contributed by atoms with Gasteiger partial charge in [0.05, 0.1) is 11.1 Å². The number of rotatable bonds is 3. The van der Waals surface area contributed by atoms with Gasteiger partial charge in [-0.15, -0.1) is 5.10 Å². The highest BCUT2D eigenvalue weighted by Crippen LogP contribution is 2.44. The maximum Gasteiger partial charge on any atom is 0.228 e. The van der Waals surface area contributed by atoms with Crippen molar-refractivity contribution in [3.63, 3.8) is 0 Å². The molecule has 1 aliphatic rings. The molecule has 3 aromatic carbocycles. The zero-order valence-electron chi connectivity index (χ0n) is 18.6. The van der Waals surface area contributed by atoms with E-state index >= 15 is 0 Å². The monoisotopic (exact) mass is 448 g/mol. The minimum Gasteiger partial charge on any atom is -0.507 e. The predicted molar refractivity (Wildman–Crippen MR) is 128 cm³/mol. The van der Waals surface area contributed by atoms with E-state index in [1.807, 2.05) is 60.7 Å². The number of fused-ring (bicyclic) bond motifs is 4. The van der Waals surface area contributed by atoms with Crippen LogP contribution in [0, 0.1) is 0 Å². The van der Waals surface area contributed by atoms with Crippen LogP contribution in [0.5, 0.6) is 11.6 Å². The summed E-state index contributed by atoms with van der Waals surface area (Å²) in [6.07, 6.45) is 1.54. The van der Waals surface area contributed by atoms with Crippen molar-refractivity contribution >= 4 is 22.2 Å². The molecule has 5 aromatic rings. The van der Waals surface area contributed by atoms with Gasteiger partial charge >= 0.3 is 0 Å². The molecule has 0 spiro atoms. The summed E-state index contributed by atoms with van der Waals surface area (Å²) in [5.41, 5.74) is 3.20. The third kappa shape index (κ3) is 3.05. The summed E-state index contributed by atoms with van der Waals surface area (Å²) in [5, 5.41) is 17.2. The fourth-order valence-electron chi connectivity index (χ4n) is 4.69. The molecule has 0 saturated carbocycles. The first-order valence-electron chi connectivity index (χ1n) is 10.9. The lowest BCUT2D eigenvalue weighted by molar-refractivity contribution is -0.114. The lowest BCUT2D eigenvalue weighted by Gasteiger charge is -2.28. The van der Waals surface area contributed by atoms with Crippen molar-refractivity contribution in [3.8, 4) is 23.0 Å². The van der Waals surface area contributed by atoms with Crippen LogP contribution in [0.4, 0.5) is 0 Å². The standard InChI is InChI=1S/C27H20N4O3/c1-15(32)22-16(2)34-27-24(23(22)17-8-4-3-5-9-17)26-29-25(30-31(26)14-28-27)20-12-18-10-6-7-11-19(18)13-21(20)33/h3-14,23,33H,1-2H3. The van der Waals surface area contributed by atoms with E-state index in [0.29, 0.717) is 39.8 Å². The van der Waals surface area contributed by atoms with Crippen LogP contribution in [0.3, 0.4) is 0 Å². The van der Waals surface area contributed by atoms with Gasteiger partial charge in [-0.25, -0.2) is 14.5 Å². The molecule has 1 aliphatic heterocycles. The Balaban J connectivity index is 1.60. The van der Waals surface area contributed by atoms with Crippen molar-refractivity contribution in [2.24, 2.45) is 0 Å². The van der Waals surface area contributed by atoms with Gasteiger partial charge in [0.1, 0.15) is 17.8 Å². The fraction of sp³-hybridized carbons (Fsp3) is 0.111. The molecule has 2 aromatic heterocycles. The number of ketones is 1. The van der Waals surface area contributed by atoms with E-state index in [9.17, 15) is 9.90 Å². The summed E-state index contributed by atoms with van der Waals surface area (Å²) in [7, 11) is 0. The lowest BCUT2D eigenvalue weighted by atomic mass is 9.82. The average molecular weight is 448 g/mol. The number of Topliss-reactive ketones (excluding diaryl/α,β-unsaturated/α-hetero) is 1. The van der Waals surface area contributed by atoms with Crippen molar-refractivity contribution in [2.75, 3.05) is 0 Å². The van der Waals surface area contributed by atoms with E-state index in [-0.39, 0.29) is 11.5 Å². The summed E-state index contributed by atoms with van der Waals surface area (Å²) in [4.78, 5) is 22.0. The van der Waals surface area contributed by atoms with Crippen LogP contribution < -0.4 is 4.74 Å². The third-order valence-electron chi connectivity index (χ3n) is 6.21. The van der Waals surface area contributed by atoms with Gasteiger partial charge in [-0.05, 0) is 42.3 Å². The second-order valence-corrected chi connectivity index (χ2v) is 8.36. The van der Waals surface area contributed by atoms with Crippen molar-refractivity contribution in [3.05, 3.63) is 95.5 Å². The molecule has 34 heavy (non-hydrogen) atoms. The molecular formula is C27H20N4O3. The van der Waals surface area contributed by atoms with E-state index in [1.54, 1.807) is 24.4 Å². The summed E-state index contributed by atoms with van der Waals surface area (Å²) in [5.74, 6) is 0.892. The van der Waals surface area contributed by atoms with Gasteiger partial charge in [0.15, 0.2) is 17.3 Å². The van der Waals surface area contributed by atoms with Crippen molar-refractivity contribution in [1.82, 2.24) is 19.6 Å². The highest BCUT2D eigenvalue weighted by molar-refractivity contribution is 5.97. The number of carbonyl (C=O) groups is 1. The number of ether oxygens (including phenoxy) is 1. The largest absolute Gasteiger partial charge is 0.507 e. The number of nitrogens with zero attached hydrogens (tertiary/aromatic N) is 4. The summed E-state index contributed by atoms with van der Waals surface area (Å²) in [6, 6.07) is 21.1. The molecule has 0 bridgehead atoms. The third-order valence-corrected chi connectivity index (χ3v) is 6.21. The first-order chi connectivity index (χ1) is 16.5. The highest BCUT2D eigenvalue weighted by atomic mass is 16.5. The second kappa shape index (κ2) is 7.52. The minimum atomic E-state index is -0.402. The van der Waals surface area contributed by atoms with Crippen LogP contribution in [0.15, 0.2) is 84.4 Å². The normalized spacial score (nSPS) is 15.4. The SMILES string of the molecule is CC(=O)C1=C(C)Oc2ncn3nc(-c4cc5ccccc5cc4O)nc3c2C1c1ccccc1. The fourth-order valence-corrected chi connectivity index (χ4v) is 4.69. The van der Waals surface area contributed by atoms with Gasteiger partial charge in [-0.2, -0.15) is 0 Å². The molecule has 0 radical (unpaired) electrons. The zero-order chi connectivity index (χ0) is 23.4. The van der Waals surface area contributed by atoms with E-state index in [2.05, 4.69) is 10.1 Å². The molecule has 1 N–H and O–H groups in total. The van der Waals surface area contributed by atoms with Crippen LogP contribution in [-0.2, 0) is 4.79 Å². The minimum absolute atomic E-state index is 0.0779. The van der Waals surface area contributed by atoms with E-state index in [1.165, 1.54) is 6.33 Å². The van der Waals surface area contributed by atoms with Crippen LogP contribution in [0.2, 0.25) is 0 Å². The Morgan fingerprint density at radius 1 is 1.03 bits per heavy atom. The topological polar surface area (TPSA) is 89.6 Å². The molecule has 1 unspecified atom stereocenters. The maximum atomic E-state index is 12.7. The van der Waals surface area contributed by atoms with Crippen molar-refractivity contribution in [2.45, 2.75) is 19.8 Å². The van der Waals surface area contributed by atoms with E-state index < -0.39 is 5.92 Å². The quantitative estimate of drug-likeness (QED) is 0.416. The predicted octanol–water partition coefficient (Wildman–Crippen LogP) is 5.04. The summed E-state index contributed by atoms with van der Waals surface area (Å²) >= 11 is 0. The molecule has 7 heteroatoms. The number of aromatic nitrogens is 4. The molecule has 3 heterocycles. The molecule has 0 amide bonds. The molecular weight excluding hydrogens is 428 g/mol. The van der Waals surface area contributed by atoms with Crippen LogP contribution in [0.25, 0.3) is 27.8 Å². The number of hydrogen-bond acceptors (Lipinski definition) is 6. The van der Waals surface area contributed by atoms with Crippen LogP contribution in [0.1, 0.15) is 30.9 Å².